The molecule has 0 saturated carbocycles. The van der Waals surface area contributed by atoms with Crippen LogP contribution >= 0.6 is 0 Å². The normalized spacial score (nSPS) is 10.9. The van der Waals surface area contributed by atoms with Gasteiger partial charge in [0.15, 0.2) is 0 Å². The van der Waals surface area contributed by atoms with Gasteiger partial charge in [-0.1, -0.05) is 89.5 Å². The fourth-order valence-electron chi connectivity index (χ4n) is 3.54. The maximum absolute atomic E-state index is 3.53. The van der Waals surface area contributed by atoms with Gasteiger partial charge in [0.05, 0.1) is 0 Å². The van der Waals surface area contributed by atoms with Crippen molar-refractivity contribution in [3.05, 3.63) is 59.7 Å². The molecule has 2 aromatic rings. The van der Waals surface area contributed by atoms with Crippen LogP contribution < -0.4 is 5.32 Å². The Bertz CT molecular complexity index is 597. The number of anilines is 2. The number of nitrogens with one attached hydrogen (secondary N) is 1. The van der Waals surface area contributed by atoms with Crippen molar-refractivity contribution in [1.82, 2.24) is 0 Å². The van der Waals surface area contributed by atoms with E-state index in [0.717, 1.165) is 0 Å². The van der Waals surface area contributed by atoms with Gasteiger partial charge in [-0.2, -0.15) is 0 Å². The minimum Gasteiger partial charge on any atom is -0.356 e. The van der Waals surface area contributed by atoms with Crippen LogP contribution in [0.15, 0.2) is 48.5 Å². The van der Waals surface area contributed by atoms with Gasteiger partial charge in [0.1, 0.15) is 0 Å². The molecule has 0 unspecified atom stereocenters. The van der Waals surface area contributed by atoms with Gasteiger partial charge < -0.3 is 5.32 Å². The molecule has 1 heteroatoms. The molecule has 0 radical (unpaired) electrons. The van der Waals surface area contributed by atoms with E-state index >= 15 is 0 Å². The second-order valence-corrected chi connectivity index (χ2v) is 7.85. The third-order valence-corrected chi connectivity index (χ3v) is 5.33. The largest absolute Gasteiger partial charge is 0.356 e. The zero-order chi connectivity index (χ0) is 19.2. The summed E-state index contributed by atoms with van der Waals surface area (Å²) in [7, 11) is 0. The molecule has 0 saturated heterocycles. The Kier molecular flexibility index (Phi) is 10.7. The maximum Gasteiger partial charge on any atom is 0.0384 e. The molecule has 2 rings (SSSR count). The highest BCUT2D eigenvalue weighted by Gasteiger charge is 1.99. The highest BCUT2D eigenvalue weighted by molar-refractivity contribution is 5.60. The fraction of sp³-hybridized carbons (Fsp3) is 0.538. The first kappa shape index (κ1) is 21.5. The van der Waals surface area contributed by atoms with Crippen molar-refractivity contribution in [2.45, 2.75) is 90.9 Å². The molecule has 27 heavy (non-hydrogen) atoms. The molecular formula is C26H39N. The molecule has 0 aliphatic heterocycles. The summed E-state index contributed by atoms with van der Waals surface area (Å²) < 4.78 is 0. The van der Waals surface area contributed by atoms with Crippen LogP contribution in [0.3, 0.4) is 0 Å². The van der Waals surface area contributed by atoms with Crippen LogP contribution in [0, 0.1) is 0 Å². The Morgan fingerprint density at radius 3 is 1.30 bits per heavy atom. The topological polar surface area (TPSA) is 12.0 Å². The quantitative estimate of drug-likeness (QED) is 0.331. The minimum atomic E-state index is 1.18. The molecule has 2 aromatic carbocycles. The lowest BCUT2D eigenvalue weighted by molar-refractivity contribution is 0.607. The van der Waals surface area contributed by atoms with E-state index in [1.165, 1.54) is 99.6 Å². The molecule has 0 spiro atoms. The molecule has 1 N–H and O–H groups in total. The summed E-state index contributed by atoms with van der Waals surface area (Å²) >= 11 is 0. The molecule has 0 fully saturated rings. The highest BCUT2D eigenvalue weighted by atomic mass is 14.9. The monoisotopic (exact) mass is 365 g/mol. The number of aryl methyl sites for hydroxylation is 2. The zero-order valence-electron chi connectivity index (χ0n) is 17.6. The van der Waals surface area contributed by atoms with Gasteiger partial charge in [0.2, 0.25) is 0 Å². The summed E-state index contributed by atoms with van der Waals surface area (Å²) in [6.07, 6.45) is 15.9. The Balaban J connectivity index is 1.70. The molecule has 0 heterocycles. The first-order valence-electron chi connectivity index (χ1n) is 11.3. The lowest BCUT2D eigenvalue weighted by Crippen LogP contribution is -1.92. The van der Waals surface area contributed by atoms with Gasteiger partial charge in [-0.25, -0.2) is 0 Å². The van der Waals surface area contributed by atoms with Crippen molar-refractivity contribution in [3.8, 4) is 0 Å². The van der Waals surface area contributed by atoms with E-state index in [9.17, 15) is 0 Å². The van der Waals surface area contributed by atoms with E-state index in [1.54, 1.807) is 0 Å². The Labute approximate surface area is 167 Å². The predicted molar refractivity (Wildman–Crippen MR) is 121 cm³/mol. The molecule has 1 nitrogen and oxygen atoms in total. The number of unbranched alkanes of at least 4 members (excludes halogenated alkanes) is 8. The Morgan fingerprint density at radius 2 is 0.852 bits per heavy atom. The smallest absolute Gasteiger partial charge is 0.0384 e. The van der Waals surface area contributed by atoms with Gasteiger partial charge in [0, 0.05) is 11.4 Å². The summed E-state index contributed by atoms with van der Waals surface area (Å²) in [4.78, 5) is 0. The zero-order valence-corrected chi connectivity index (χ0v) is 17.6. The van der Waals surface area contributed by atoms with Crippen molar-refractivity contribution in [2.75, 3.05) is 5.32 Å². The summed E-state index contributed by atoms with van der Waals surface area (Å²) in [5.74, 6) is 0. The van der Waals surface area contributed by atoms with Gasteiger partial charge in [-0.3, -0.25) is 0 Å². The van der Waals surface area contributed by atoms with Crippen molar-refractivity contribution in [3.63, 3.8) is 0 Å². The van der Waals surface area contributed by atoms with Gasteiger partial charge in [-0.05, 0) is 61.1 Å². The van der Waals surface area contributed by atoms with Gasteiger partial charge >= 0.3 is 0 Å². The predicted octanol–water partition coefficient (Wildman–Crippen LogP) is 8.46. The van der Waals surface area contributed by atoms with Gasteiger partial charge in [-0.15, -0.1) is 0 Å². The van der Waals surface area contributed by atoms with Crippen LogP contribution in [0.1, 0.15) is 89.2 Å². The third-order valence-electron chi connectivity index (χ3n) is 5.33. The fourth-order valence-corrected chi connectivity index (χ4v) is 3.54. The Hall–Kier alpha value is -1.76. The standard InChI is InChI=1S/C26H39N/c1-3-5-7-9-10-12-14-24-17-21-26(22-18-24)27-25-19-15-23(16-20-25)13-11-8-6-4-2/h15-22,27H,3-14H2,1-2H3. The molecule has 0 amide bonds. The van der Waals surface area contributed by atoms with E-state index in [-0.39, 0.29) is 0 Å². The number of benzene rings is 2. The first-order valence-corrected chi connectivity index (χ1v) is 11.3. The van der Waals surface area contributed by atoms with Gasteiger partial charge in [0.25, 0.3) is 0 Å². The molecule has 0 bridgehead atoms. The van der Waals surface area contributed by atoms with E-state index < -0.39 is 0 Å². The van der Waals surface area contributed by atoms with Crippen molar-refractivity contribution < 1.29 is 0 Å². The van der Waals surface area contributed by atoms with E-state index in [0.29, 0.717) is 0 Å². The van der Waals surface area contributed by atoms with Crippen LogP contribution in [-0.2, 0) is 12.8 Å². The number of hydrogen-bond donors (Lipinski definition) is 1. The summed E-state index contributed by atoms with van der Waals surface area (Å²) in [5, 5.41) is 3.53. The summed E-state index contributed by atoms with van der Waals surface area (Å²) in [6.45, 7) is 4.54. The van der Waals surface area contributed by atoms with Crippen molar-refractivity contribution in [1.29, 1.82) is 0 Å². The number of rotatable bonds is 14. The Morgan fingerprint density at radius 1 is 0.481 bits per heavy atom. The molecule has 0 aliphatic rings. The number of hydrogen-bond acceptors (Lipinski definition) is 1. The second-order valence-electron chi connectivity index (χ2n) is 7.85. The first-order chi connectivity index (χ1) is 13.3. The summed E-state index contributed by atoms with van der Waals surface area (Å²) in [6, 6.07) is 17.9. The minimum absolute atomic E-state index is 1.18. The van der Waals surface area contributed by atoms with E-state index in [4.69, 9.17) is 0 Å². The highest BCUT2D eigenvalue weighted by Crippen LogP contribution is 2.19. The van der Waals surface area contributed by atoms with Crippen molar-refractivity contribution in [2.24, 2.45) is 0 Å². The summed E-state index contributed by atoms with van der Waals surface area (Å²) in [5.41, 5.74) is 5.26. The lowest BCUT2D eigenvalue weighted by Gasteiger charge is -2.09. The third kappa shape index (κ3) is 9.13. The average Bonchev–Trinajstić information content (AvgIpc) is 2.70. The molecule has 0 atom stereocenters. The second kappa shape index (κ2) is 13.4. The lowest BCUT2D eigenvalue weighted by atomic mass is 10.0. The van der Waals surface area contributed by atoms with Crippen LogP contribution in [-0.4, -0.2) is 0 Å². The molecule has 148 valence electrons. The van der Waals surface area contributed by atoms with Crippen LogP contribution in [0.4, 0.5) is 11.4 Å². The van der Waals surface area contributed by atoms with Crippen molar-refractivity contribution >= 4 is 11.4 Å². The molecule has 0 aromatic heterocycles. The van der Waals surface area contributed by atoms with Crippen LogP contribution in [0.5, 0.6) is 0 Å². The van der Waals surface area contributed by atoms with Crippen LogP contribution in [0.25, 0.3) is 0 Å². The molecular weight excluding hydrogens is 326 g/mol. The average molecular weight is 366 g/mol. The van der Waals surface area contributed by atoms with E-state index in [2.05, 4.69) is 67.7 Å². The molecule has 0 aliphatic carbocycles. The maximum atomic E-state index is 3.53. The van der Waals surface area contributed by atoms with Crippen LogP contribution in [0.2, 0.25) is 0 Å². The SMILES string of the molecule is CCCCCCCCc1ccc(Nc2ccc(CCCCCC)cc2)cc1. The van der Waals surface area contributed by atoms with E-state index in [1.807, 2.05) is 0 Å².